The lowest BCUT2D eigenvalue weighted by Gasteiger charge is -2.29. The first-order valence-electron chi connectivity index (χ1n) is 9.38. The lowest BCUT2D eigenvalue weighted by Crippen LogP contribution is -2.47. The van der Waals surface area contributed by atoms with E-state index in [4.69, 9.17) is 9.47 Å². The van der Waals surface area contributed by atoms with Gasteiger partial charge in [0.05, 0.1) is 36.2 Å². The summed E-state index contributed by atoms with van der Waals surface area (Å²) >= 11 is 4.69. The fourth-order valence-electron chi connectivity index (χ4n) is 2.67. The summed E-state index contributed by atoms with van der Waals surface area (Å²) in [5, 5.41) is 3.34. The topological polar surface area (TPSA) is 99.1 Å². The first kappa shape index (κ1) is 22.3. The molecule has 0 saturated carbocycles. The molecule has 1 atom stereocenters. The molecule has 8 nitrogen and oxygen atoms in total. The van der Waals surface area contributed by atoms with Gasteiger partial charge in [-0.15, -0.1) is 11.3 Å². The summed E-state index contributed by atoms with van der Waals surface area (Å²) in [6.45, 7) is 6.95. The van der Waals surface area contributed by atoms with Crippen LogP contribution in [0, 0.1) is 0 Å². The maximum atomic E-state index is 13.0. The van der Waals surface area contributed by atoms with Gasteiger partial charge in [-0.2, -0.15) is 0 Å². The fraction of sp³-hybridized carbons (Fsp3) is 0.350. The lowest BCUT2D eigenvalue weighted by molar-refractivity contribution is 0.0659. The van der Waals surface area contributed by atoms with E-state index in [0.29, 0.717) is 35.5 Å². The average Bonchev–Trinajstić information content (AvgIpc) is 3.23. The number of carbonyl (C=O) groups is 1. The van der Waals surface area contributed by atoms with E-state index in [-0.39, 0.29) is 12.5 Å². The molecule has 0 spiro atoms. The van der Waals surface area contributed by atoms with Crippen LogP contribution in [0.15, 0.2) is 41.4 Å². The second-order valence-corrected chi connectivity index (χ2v) is 8.43. The summed E-state index contributed by atoms with van der Waals surface area (Å²) in [7, 11) is 0. The summed E-state index contributed by atoms with van der Waals surface area (Å²) < 4.78 is 11.9. The van der Waals surface area contributed by atoms with Crippen LogP contribution in [0.2, 0.25) is 0 Å². The molecule has 1 amide bonds. The fourth-order valence-corrected chi connectivity index (χ4v) is 3.77. The molecule has 3 heterocycles. The van der Waals surface area contributed by atoms with Crippen molar-refractivity contribution in [2.75, 3.05) is 19.8 Å². The number of ether oxygens (including phenoxy) is 2. The summed E-state index contributed by atoms with van der Waals surface area (Å²) in [6.07, 6.45) is 6.45. The van der Waals surface area contributed by atoms with Crippen molar-refractivity contribution < 1.29 is 14.3 Å². The van der Waals surface area contributed by atoms with Gasteiger partial charge in [0.2, 0.25) is 5.88 Å². The van der Waals surface area contributed by atoms with Crippen LogP contribution in [-0.2, 0) is 10.3 Å². The zero-order valence-corrected chi connectivity index (χ0v) is 19.3. The monoisotopic (exact) mass is 491 g/mol. The van der Waals surface area contributed by atoms with Gasteiger partial charge in [0.15, 0.2) is 5.01 Å². The Balaban J connectivity index is 1.82. The highest BCUT2D eigenvalue weighted by Crippen LogP contribution is 2.27. The number of aromatic nitrogens is 4. The minimum atomic E-state index is -0.822. The van der Waals surface area contributed by atoms with E-state index < -0.39 is 5.54 Å². The molecule has 3 aromatic rings. The number of halogens is 1. The molecule has 3 aromatic heterocycles. The number of amides is 1. The van der Waals surface area contributed by atoms with Gasteiger partial charge in [0.25, 0.3) is 5.91 Å². The normalized spacial score (nSPS) is 12.9. The third kappa shape index (κ3) is 5.38. The zero-order chi connectivity index (χ0) is 21.6. The molecule has 0 aliphatic heterocycles. The lowest BCUT2D eigenvalue weighted by atomic mass is 9.98. The highest BCUT2D eigenvalue weighted by Gasteiger charge is 2.32. The molecule has 0 aromatic carbocycles. The Labute approximate surface area is 187 Å². The van der Waals surface area contributed by atoms with Crippen LogP contribution in [0.4, 0.5) is 0 Å². The zero-order valence-electron chi connectivity index (χ0n) is 16.9. The minimum Gasteiger partial charge on any atom is -0.477 e. The van der Waals surface area contributed by atoms with Crippen LogP contribution in [0.3, 0.4) is 0 Å². The molecule has 1 unspecified atom stereocenters. The van der Waals surface area contributed by atoms with E-state index in [1.165, 1.54) is 11.3 Å². The van der Waals surface area contributed by atoms with Gasteiger partial charge in [-0.05, 0) is 32.9 Å². The van der Waals surface area contributed by atoms with E-state index in [1.54, 1.807) is 24.8 Å². The highest BCUT2D eigenvalue weighted by molar-refractivity contribution is 9.10. The Morgan fingerprint density at radius 3 is 2.80 bits per heavy atom. The Kier molecular flexibility index (Phi) is 7.46. The van der Waals surface area contributed by atoms with Gasteiger partial charge in [0, 0.05) is 23.5 Å². The number of pyridine rings is 1. The van der Waals surface area contributed by atoms with Crippen molar-refractivity contribution in [2.45, 2.75) is 26.3 Å². The molecular weight excluding hydrogens is 470 g/mol. The van der Waals surface area contributed by atoms with Gasteiger partial charge in [-0.3, -0.25) is 14.8 Å². The van der Waals surface area contributed by atoms with Crippen molar-refractivity contribution in [3.63, 3.8) is 0 Å². The summed E-state index contributed by atoms with van der Waals surface area (Å²) in [4.78, 5) is 30.9. The SMILES string of the molecule is CCOCC(C)(NC(=O)c1ncc(-c2cncc(OCC)n2)s1)c1cc(Br)ccn1. The van der Waals surface area contributed by atoms with E-state index in [1.807, 2.05) is 32.9 Å². The minimum absolute atomic E-state index is 0.277. The molecule has 0 fully saturated rings. The Morgan fingerprint density at radius 2 is 2.07 bits per heavy atom. The van der Waals surface area contributed by atoms with E-state index >= 15 is 0 Å². The number of nitrogens with one attached hydrogen (secondary N) is 1. The van der Waals surface area contributed by atoms with Gasteiger partial charge in [-0.25, -0.2) is 9.97 Å². The molecule has 3 rings (SSSR count). The third-order valence-electron chi connectivity index (χ3n) is 4.13. The number of rotatable bonds is 9. The third-order valence-corrected chi connectivity index (χ3v) is 5.64. The Bertz CT molecular complexity index is 1020. The average molecular weight is 492 g/mol. The molecule has 1 N–H and O–H groups in total. The maximum absolute atomic E-state index is 13.0. The maximum Gasteiger partial charge on any atom is 0.281 e. The highest BCUT2D eigenvalue weighted by atomic mass is 79.9. The molecule has 0 bridgehead atoms. The first-order chi connectivity index (χ1) is 14.4. The quantitative estimate of drug-likeness (QED) is 0.485. The van der Waals surface area contributed by atoms with Gasteiger partial charge >= 0.3 is 0 Å². The summed E-state index contributed by atoms with van der Waals surface area (Å²) in [5.41, 5.74) is 0.464. The predicted octanol–water partition coefficient (Wildman–Crippen LogP) is 3.84. The number of thiazole rings is 1. The second kappa shape index (κ2) is 10.1. The van der Waals surface area contributed by atoms with Crippen molar-refractivity contribution in [1.29, 1.82) is 0 Å². The van der Waals surface area contributed by atoms with Crippen LogP contribution in [0.1, 0.15) is 36.3 Å². The predicted molar refractivity (Wildman–Crippen MR) is 118 cm³/mol. The molecular formula is C20H22BrN5O3S. The number of carbonyl (C=O) groups excluding carboxylic acids is 1. The van der Waals surface area contributed by atoms with Crippen molar-refractivity contribution in [1.82, 2.24) is 25.3 Å². The van der Waals surface area contributed by atoms with Gasteiger partial charge in [-0.1, -0.05) is 15.9 Å². The van der Waals surface area contributed by atoms with Gasteiger partial charge < -0.3 is 14.8 Å². The van der Waals surface area contributed by atoms with Crippen LogP contribution in [-0.4, -0.2) is 45.7 Å². The number of nitrogens with zero attached hydrogens (tertiary/aromatic N) is 4. The second-order valence-electron chi connectivity index (χ2n) is 6.49. The van der Waals surface area contributed by atoms with Crippen molar-refractivity contribution in [2.24, 2.45) is 0 Å². The van der Waals surface area contributed by atoms with Crippen molar-refractivity contribution in [3.8, 4) is 16.5 Å². The van der Waals surface area contributed by atoms with E-state index in [2.05, 4.69) is 41.2 Å². The van der Waals surface area contributed by atoms with Crippen LogP contribution < -0.4 is 10.1 Å². The molecule has 158 valence electrons. The van der Waals surface area contributed by atoms with Crippen LogP contribution in [0.25, 0.3) is 10.6 Å². The van der Waals surface area contributed by atoms with Crippen LogP contribution >= 0.6 is 27.3 Å². The Hall–Kier alpha value is -2.43. The summed E-state index contributed by atoms with van der Waals surface area (Å²) in [5.74, 6) is 0.114. The van der Waals surface area contributed by atoms with Crippen LogP contribution in [0.5, 0.6) is 5.88 Å². The molecule has 0 radical (unpaired) electrons. The molecule has 0 saturated heterocycles. The molecule has 10 heteroatoms. The first-order valence-corrected chi connectivity index (χ1v) is 11.0. The van der Waals surface area contributed by atoms with Gasteiger partial charge in [0.1, 0.15) is 11.2 Å². The number of hydrogen-bond donors (Lipinski definition) is 1. The van der Waals surface area contributed by atoms with E-state index in [9.17, 15) is 4.79 Å². The number of hydrogen-bond acceptors (Lipinski definition) is 8. The molecule has 30 heavy (non-hydrogen) atoms. The van der Waals surface area contributed by atoms with Crippen molar-refractivity contribution in [3.05, 3.63) is 52.1 Å². The molecule has 0 aliphatic carbocycles. The summed E-state index contributed by atoms with van der Waals surface area (Å²) in [6, 6.07) is 3.69. The molecule has 0 aliphatic rings. The largest absolute Gasteiger partial charge is 0.477 e. The van der Waals surface area contributed by atoms with Crippen molar-refractivity contribution >= 4 is 33.2 Å². The smallest absolute Gasteiger partial charge is 0.281 e. The van der Waals surface area contributed by atoms with E-state index in [0.717, 1.165) is 9.35 Å². The standard InChI is InChI=1S/C20H22BrN5O3S/c1-4-28-12-20(3,16-8-13(21)6-7-23-16)26-18(27)19-24-10-15(30-19)14-9-22-11-17(25-14)29-5-2/h6-11H,4-5,12H2,1-3H3,(H,26,27). The Morgan fingerprint density at radius 1 is 1.23 bits per heavy atom.